The molecule has 1 aliphatic heterocycles. The van der Waals surface area contributed by atoms with Crippen LogP contribution in [0.1, 0.15) is 5.56 Å². The average molecular weight is 552 g/mol. The summed E-state index contributed by atoms with van der Waals surface area (Å²) in [5.74, 6) is -1.97. The molecule has 3 aromatic carbocycles. The molecule has 3 aromatic rings. The van der Waals surface area contributed by atoms with E-state index in [1.807, 2.05) is 0 Å². The molecule has 0 aliphatic carbocycles. The number of carbonyl (C=O) groups excluding carboxylic acids is 3. The minimum Gasteiger partial charge on any atom is -0.377 e. The Hall–Kier alpha value is -3.37. The number of benzene rings is 3. The van der Waals surface area contributed by atoms with Crippen LogP contribution in [0.2, 0.25) is 15.1 Å². The first-order chi connectivity index (χ1) is 16.6. The number of urea groups is 1. The summed E-state index contributed by atoms with van der Waals surface area (Å²) in [6.45, 7) is 0. The van der Waals surface area contributed by atoms with Gasteiger partial charge >= 0.3 is 16.1 Å². The first-order valence-electron chi connectivity index (χ1n) is 9.72. The van der Waals surface area contributed by atoms with Crippen molar-refractivity contribution in [1.29, 1.82) is 0 Å². The number of halogens is 3. The van der Waals surface area contributed by atoms with Gasteiger partial charge in [-0.3, -0.25) is 14.9 Å². The zero-order chi connectivity index (χ0) is 25.3. The molecule has 0 radical (unpaired) electrons. The number of hydrogen-bond acceptors (Lipinski definition) is 6. The number of carbonyl (C=O) groups is 3. The second-order valence-corrected chi connectivity index (χ2v) is 9.86. The topological polar surface area (TPSA) is 110 Å². The highest BCUT2D eigenvalue weighted by Crippen LogP contribution is 2.31. The maximum absolute atomic E-state index is 13.0. The SMILES string of the molecule is O=C1NC(=O)N(c2ccc(Cl)c(Cl)c2)C(=O)/C1=C/c1ccc(OS(=O)(=O)c2ccccc2)c(Cl)c1. The second-order valence-electron chi connectivity index (χ2n) is 7.10. The number of imide groups is 2. The van der Waals surface area contributed by atoms with Crippen molar-refractivity contribution in [3.05, 3.63) is 92.9 Å². The maximum Gasteiger partial charge on any atom is 0.339 e. The molecule has 1 heterocycles. The van der Waals surface area contributed by atoms with Gasteiger partial charge in [-0.05, 0) is 54.1 Å². The molecule has 12 heteroatoms. The monoisotopic (exact) mass is 550 g/mol. The summed E-state index contributed by atoms with van der Waals surface area (Å²) in [7, 11) is -4.13. The number of anilines is 1. The fraction of sp³-hybridized carbons (Fsp3) is 0. The number of amides is 4. The van der Waals surface area contributed by atoms with Crippen molar-refractivity contribution in [2.75, 3.05) is 4.90 Å². The van der Waals surface area contributed by atoms with E-state index in [-0.39, 0.29) is 42.5 Å². The lowest BCUT2D eigenvalue weighted by molar-refractivity contribution is -0.122. The van der Waals surface area contributed by atoms with E-state index in [1.165, 1.54) is 54.6 Å². The number of rotatable bonds is 5. The van der Waals surface area contributed by atoms with Crippen LogP contribution in [0.25, 0.3) is 6.08 Å². The van der Waals surface area contributed by atoms with Crippen molar-refractivity contribution in [3.63, 3.8) is 0 Å². The Morgan fingerprint density at radius 1 is 0.829 bits per heavy atom. The van der Waals surface area contributed by atoms with Gasteiger partial charge in [0, 0.05) is 0 Å². The van der Waals surface area contributed by atoms with Gasteiger partial charge in [0.15, 0.2) is 5.75 Å². The first kappa shape index (κ1) is 24.7. The molecule has 0 spiro atoms. The predicted octanol–water partition coefficient (Wildman–Crippen LogP) is 5.08. The summed E-state index contributed by atoms with van der Waals surface area (Å²) >= 11 is 18.1. The van der Waals surface area contributed by atoms with E-state index < -0.39 is 28.0 Å². The van der Waals surface area contributed by atoms with Crippen LogP contribution in [0.4, 0.5) is 10.5 Å². The number of nitrogens with zero attached hydrogens (tertiary/aromatic N) is 1. The quantitative estimate of drug-likeness (QED) is 0.269. The van der Waals surface area contributed by atoms with Gasteiger partial charge in [-0.1, -0.05) is 59.1 Å². The normalized spacial score (nSPS) is 15.3. The Labute approximate surface area is 214 Å². The zero-order valence-corrected chi connectivity index (χ0v) is 20.5. The Bertz CT molecular complexity index is 1510. The predicted molar refractivity (Wildman–Crippen MR) is 131 cm³/mol. The summed E-state index contributed by atoms with van der Waals surface area (Å²) < 4.78 is 30.0. The van der Waals surface area contributed by atoms with Gasteiger partial charge in [-0.25, -0.2) is 9.69 Å². The smallest absolute Gasteiger partial charge is 0.339 e. The van der Waals surface area contributed by atoms with Gasteiger partial charge in [0.25, 0.3) is 11.8 Å². The Morgan fingerprint density at radius 3 is 2.20 bits per heavy atom. The van der Waals surface area contributed by atoms with E-state index in [0.29, 0.717) is 0 Å². The van der Waals surface area contributed by atoms with Crippen molar-refractivity contribution in [2.45, 2.75) is 4.90 Å². The second kappa shape index (κ2) is 9.71. The Kier molecular flexibility index (Phi) is 6.86. The number of barbiturate groups is 1. The van der Waals surface area contributed by atoms with Crippen molar-refractivity contribution in [3.8, 4) is 5.75 Å². The maximum atomic E-state index is 13.0. The lowest BCUT2D eigenvalue weighted by Gasteiger charge is -2.26. The molecule has 1 fully saturated rings. The summed E-state index contributed by atoms with van der Waals surface area (Å²) in [5.41, 5.74) is 0.0203. The van der Waals surface area contributed by atoms with Crippen LogP contribution in [-0.2, 0) is 19.7 Å². The molecule has 0 bridgehead atoms. The van der Waals surface area contributed by atoms with Gasteiger partial charge < -0.3 is 4.18 Å². The largest absolute Gasteiger partial charge is 0.377 e. The summed E-state index contributed by atoms with van der Waals surface area (Å²) in [6, 6.07) is 14.6. The summed E-state index contributed by atoms with van der Waals surface area (Å²) in [4.78, 5) is 38.4. The number of nitrogens with one attached hydrogen (secondary N) is 1. The standard InChI is InChI=1S/C23H13Cl3N2O6S/c24-17-8-7-14(12-18(17)25)28-22(30)16(21(29)27-23(28)31)10-13-6-9-20(19(26)11-13)34-35(32,33)15-4-2-1-3-5-15/h1-12H,(H,27,29,31)/b16-10+. The lowest BCUT2D eigenvalue weighted by atomic mass is 10.1. The van der Waals surface area contributed by atoms with Crippen LogP contribution >= 0.6 is 34.8 Å². The van der Waals surface area contributed by atoms with E-state index in [0.717, 1.165) is 4.90 Å². The van der Waals surface area contributed by atoms with E-state index >= 15 is 0 Å². The van der Waals surface area contributed by atoms with Gasteiger partial charge in [0.2, 0.25) is 0 Å². The molecule has 1 N–H and O–H groups in total. The van der Waals surface area contributed by atoms with E-state index in [2.05, 4.69) is 5.32 Å². The highest BCUT2D eigenvalue weighted by Gasteiger charge is 2.37. The number of hydrogen-bond donors (Lipinski definition) is 1. The van der Waals surface area contributed by atoms with Crippen molar-refractivity contribution in [2.24, 2.45) is 0 Å². The molecule has 4 rings (SSSR count). The molecule has 0 saturated carbocycles. The van der Waals surface area contributed by atoms with E-state index in [9.17, 15) is 22.8 Å². The van der Waals surface area contributed by atoms with E-state index in [1.54, 1.807) is 18.2 Å². The van der Waals surface area contributed by atoms with Crippen LogP contribution in [0.5, 0.6) is 5.75 Å². The minimum absolute atomic E-state index is 0.0567. The Balaban J connectivity index is 1.63. The van der Waals surface area contributed by atoms with Crippen LogP contribution in [0.3, 0.4) is 0 Å². The van der Waals surface area contributed by atoms with Crippen molar-refractivity contribution >= 4 is 74.5 Å². The summed E-state index contributed by atoms with van der Waals surface area (Å²) in [5, 5.41) is 2.33. The third kappa shape index (κ3) is 5.18. The van der Waals surface area contributed by atoms with Crippen molar-refractivity contribution in [1.82, 2.24) is 5.32 Å². The molecule has 0 aromatic heterocycles. The molecule has 178 valence electrons. The fourth-order valence-electron chi connectivity index (χ4n) is 3.11. The average Bonchev–Trinajstić information content (AvgIpc) is 2.81. The van der Waals surface area contributed by atoms with Crippen LogP contribution in [-0.4, -0.2) is 26.3 Å². The lowest BCUT2D eigenvalue weighted by Crippen LogP contribution is -2.54. The van der Waals surface area contributed by atoms with E-state index in [4.69, 9.17) is 39.0 Å². The molecule has 1 saturated heterocycles. The van der Waals surface area contributed by atoms with Gasteiger partial charge in [-0.15, -0.1) is 0 Å². The molecule has 0 atom stereocenters. The molecule has 1 aliphatic rings. The van der Waals surface area contributed by atoms with Crippen molar-refractivity contribution < 1.29 is 27.0 Å². The highest BCUT2D eigenvalue weighted by atomic mass is 35.5. The molecule has 4 amide bonds. The molecule has 0 unspecified atom stereocenters. The van der Waals surface area contributed by atoms with Crippen LogP contribution in [0.15, 0.2) is 77.2 Å². The third-order valence-electron chi connectivity index (χ3n) is 4.76. The van der Waals surface area contributed by atoms with Gasteiger partial charge in [0.05, 0.1) is 20.8 Å². The zero-order valence-electron chi connectivity index (χ0n) is 17.4. The molecular formula is C23H13Cl3N2O6S. The minimum atomic E-state index is -4.13. The molecule has 35 heavy (non-hydrogen) atoms. The van der Waals surface area contributed by atoms with Gasteiger partial charge in [-0.2, -0.15) is 8.42 Å². The molecular weight excluding hydrogens is 539 g/mol. The highest BCUT2D eigenvalue weighted by molar-refractivity contribution is 7.87. The fourth-order valence-corrected chi connectivity index (χ4v) is 4.64. The third-order valence-corrected chi connectivity index (χ3v) is 7.04. The first-order valence-corrected chi connectivity index (χ1v) is 12.3. The van der Waals surface area contributed by atoms with Crippen LogP contribution in [0, 0.1) is 0 Å². The van der Waals surface area contributed by atoms with Gasteiger partial charge in [0.1, 0.15) is 10.5 Å². The Morgan fingerprint density at radius 2 is 1.54 bits per heavy atom. The summed E-state index contributed by atoms with van der Waals surface area (Å²) in [6.07, 6.45) is 1.20. The van der Waals surface area contributed by atoms with Crippen LogP contribution < -0.4 is 14.4 Å². The molecule has 8 nitrogen and oxygen atoms in total.